The molecule has 2 nitrogen and oxygen atoms in total. The number of benzene rings is 1. The fourth-order valence-electron chi connectivity index (χ4n) is 2.04. The Morgan fingerprint density at radius 3 is 2.75 bits per heavy atom. The lowest BCUT2D eigenvalue weighted by molar-refractivity contribution is 0.622. The highest BCUT2D eigenvalue weighted by Crippen LogP contribution is 2.27. The van der Waals surface area contributed by atoms with Gasteiger partial charge in [-0.3, -0.25) is 0 Å². The molecular formula is C13H8Br2ClFN2S. The Hall–Kier alpha value is -0.430. The van der Waals surface area contributed by atoms with Crippen LogP contribution in [0, 0.1) is 5.82 Å². The normalized spacial score (nSPS) is 11.4. The number of hydrogen-bond acceptors (Lipinski definition) is 2. The van der Waals surface area contributed by atoms with Crippen molar-refractivity contribution in [3.05, 3.63) is 49.0 Å². The van der Waals surface area contributed by atoms with Crippen LogP contribution in [0.1, 0.15) is 10.7 Å². The zero-order valence-corrected chi connectivity index (χ0v) is 14.8. The van der Waals surface area contributed by atoms with Gasteiger partial charge >= 0.3 is 0 Å². The van der Waals surface area contributed by atoms with Gasteiger partial charge in [0.05, 0.1) is 27.9 Å². The van der Waals surface area contributed by atoms with E-state index in [1.54, 1.807) is 17.4 Å². The first kappa shape index (κ1) is 14.5. The van der Waals surface area contributed by atoms with Crippen molar-refractivity contribution in [3.63, 3.8) is 0 Å². The van der Waals surface area contributed by atoms with Crippen molar-refractivity contribution in [2.45, 2.75) is 12.4 Å². The molecule has 0 aliphatic rings. The average molecular weight is 439 g/mol. The molecule has 0 spiro atoms. The minimum Gasteiger partial charge on any atom is -0.322 e. The Morgan fingerprint density at radius 2 is 2.10 bits per heavy atom. The van der Waals surface area contributed by atoms with Crippen LogP contribution in [0.4, 0.5) is 4.39 Å². The summed E-state index contributed by atoms with van der Waals surface area (Å²) in [6.45, 7) is 0.674. The Morgan fingerprint density at radius 1 is 1.30 bits per heavy atom. The Bertz CT molecular complexity index is 784. The van der Waals surface area contributed by atoms with E-state index in [1.807, 2.05) is 9.95 Å². The molecule has 0 aliphatic heterocycles. The lowest BCUT2D eigenvalue weighted by atomic mass is 10.3. The van der Waals surface area contributed by atoms with Gasteiger partial charge in [-0.15, -0.1) is 22.9 Å². The number of hydrogen-bond donors (Lipinski definition) is 0. The van der Waals surface area contributed by atoms with E-state index in [4.69, 9.17) is 11.6 Å². The third-order valence-electron chi connectivity index (χ3n) is 2.92. The maximum Gasteiger partial charge on any atom is 0.139 e. The van der Waals surface area contributed by atoms with Crippen LogP contribution in [-0.4, -0.2) is 9.55 Å². The van der Waals surface area contributed by atoms with Crippen LogP contribution in [0.25, 0.3) is 11.0 Å². The quantitative estimate of drug-likeness (QED) is 0.491. The molecule has 3 aromatic rings. The summed E-state index contributed by atoms with van der Waals surface area (Å²) in [5.41, 5.74) is 1.50. The summed E-state index contributed by atoms with van der Waals surface area (Å²) in [6, 6.07) is 5.24. The average Bonchev–Trinajstić information content (AvgIpc) is 2.96. The van der Waals surface area contributed by atoms with E-state index < -0.39 is 0 Å². The molecule has 104 valence electrons. The number of alkyl halides is 1. The van der Waals surface area contributed by atoms with Gasteiger partial charge in [-0.05, 0) is 44.0 Å². The van der Waals surface area contributed by atoms with Crippen LogP contribution in [0.3, 0.4) is 0 Å². The predicted octanol–water partition coefficient (Wildman–Crippen LogP) is 5.55. The van der Waals surface area contributed by atoms with Crippen molar-refractivity contribution in [3.8, 4) is 0 Å². The number of fused-ring (bicyclic) bond motifs is 1. The molecule has 0 saturated heterocycles. The first-order valence-corrected chi connectivity index (χ1v) is 8.71. The summed E-state index contributed by atoms with van der Waals surface area (Å²) in [5.74, 6) is 0.714. The van der Waals surface area contributed by atoms with Crippen LogP contribution in [0.5, 0.6) is 0 Å². The number of aromatic nitrogens is 2. The minimum atomic E-state index is -0.317. The molecule has 20 heavy (non-hydrogen) atoms. The highest BCUT2D eigenvalue weighted by Gasteiger charge is 2.14. The monoisotopic (exact) mass is 436 g/mol. The molecule has 3 rings (SSSR count). The molecule has 0 fully saturated rings. The van der Waals surface area contributed by atoms with E-state index >= 15 is 0 Å². The van der Waals surface area contributed by atoms with Crippen molar-refractivity contribution in [2.75, 3.05) is 0 Å². The number of imidazole rings is 1. The third kappa shape index (κ3) is 2.66. The van der Waals surface area contributed by atoms with Crippen LogP contribution in [0.15, 0.2) is 32.5 Å². The molecule has 0 N–H and O–H groups in total. The molecule has 1 aromatic carbocycles. The highest BCUT2D eigenvalue weighted by molar-refractivity contribution is 9.10. The highest BCUT2D eigenvalue weighted by atomic mass is 79.9. The Kier molecular flexibility index (Phi) is 4.17. The molecule has 0 bridgehead atoms. The van der Waals surface area contributed by atoms with Crippen LogP contribution in [0.2, 0.25) is 0 Å². The molecule has 0 saturated carbocycles. The molecule has 7 heteroatoms. The molecular weight excluding hydrogens is 430 g/mol. The summed E-state index contributed by atoms with van der Waals surface area (Å²) in [5, 5.41) is 2.03. The predicted molar refractivity (Wildman–Crippen MR) is 88.1 cm³/mol. The SMILES string of the molecule is Fc1cc2nc(CCl)n(Cc3cc(Br)cs3)c2cc1Br. The van der Waals surface area contributed by atoms with Crippen molar-refractivity contribution in [1.82, 2.24) is 9.55 Å². The Labute approximate surface area is 140 Å². The van der Waals surface area contributed by atoms with Gasteiger partial charge in [0.1, 0.15) is 11.6 Å². The summed E-state index contributed by atoms with van der Waals surface area (Å²) >= 11 is 14.3. The number of thiophene rings is 1. The zero-order chi connectivity index (χ0) is 14.3. The van der Waals surface area contributed by atoms with Crippen LogP contribution in [-0.2, 0) is 12.4 Å². The molecule has 0 aliphatic carbocycles. The fourth-order valence-corrected chi connectivity index (χ4v) is 4.02. The summed E-state index contributed by atoms with van der Waals surface area (Å²) < 4.78 is 17.1. The maximum atomic E-state index is 13.6. The van der Waals surface area contributed by atoms with Crippen molar-refractivity contribution >= 4 is 65.8 Å². The number of halogens is 4. The van der Waals surface area contributed by atoms with Crippen molar-refractivity contribution < 1.29 is 4.39 Å². The maximum absolute atomic E-state index is 13.6. The summed E-state index contributed by atoms with van der Waals surface area (Å²) in [7, 11) is 0. The topological polar surface area (TPSA) is 17.8 Å². The van der Waals surface area contributed by atoms with Gasteiger partial charge in [-0.25, -0.2) is 9.37 Å². The van der Waals surface area contributed by atoms with E-state index in [-0.39, 0.29) is 5.82 Å². The minimum absolute atomic E-state index is 0.292. The van der Waals surface area contributed by atoms with Gasteiger partial charge in [0.15, 0.2) is 0 Å². The second-order valence-corrected chi connectivity index (χ2v) is 7.27. The van der Waals surface area contributed by atoms with Gasteiger partial charge in [-0.1, -0.05) is 0 Å². The van der Waals surface area contributed by atoms with Crippen LogP contribution >= 0.6 is 54.8 Å². The summed E-state index contributed by atoms with van der Waals surface area (Å²) in [6.07, 6.45) is 0. The van der Waals surface area contributed by atoms with E-state index in [2.05, 4.69) is 42.9 Å². The van der Waals surface area contributed by atoms with Gasteiger partial charge in [0.2, 0.25) is 0 Å². The first-order chi connectivity index (χ1) is 9.58. The van der Waals surface area contributed by atoms with E-state index in [1.165, 1.54) is 10.9 Å². The van der Waals surface area contributed by atoms with Gasteiger partial charge in [0, 0.05) is 20.8 Å². The largest absolute Gasteiger partial charge is 0.322 e. The lowest BCUT2D eigenvalue weighted by Gasteiger charge is -2.06. The van der Waals surface area contributed by atoms with Gasteiger partial charge in [0.25, 0.3) is 0 Å². The molecule has 2 heterocycles. The number of rotatable bonds is 3. The van der Waals surface area contributed by atoms with Gasteiger partial charge in [-0.2, -0.15) is 0 Å². The van der Waals surface area contributed by atoms with E-state index in [9.17, 15) is 4.39 Å². The molecule has 0 amide bonds. The van der Waals surface area contributed by atoms with Gasteiger partial charge < -0.3 is 4.57 Å². The lowest BCUT2D eigenvalue weighted by Crippen LogP contribution is -2.02. The Balaban J connectivity index is 2.14. The van der Waals surface area contributed by atoms with Crippen LogP contribution < -0.4 is 0 Å². The van der Waals surface area contributed by atoms with Crippen molar-refractivity contribution in [2.24, 2.45) is 0 Å². The zero-order valence-electron chi connectivity index (χ0n) is 10.0. The molecule has 0 atom stereocenters. The summed E-state index contributed by atoms with van der Waals surface area (Å²) in [4.78, 5) is 5.58. The standard InChI is InChI=1S/C13H8Br2ClFN2S/c14-7-1-8(20-6-7)5-19-12-2-9(15)10(17)3-11(12)18-13(19)4-16/h1-3,6H,4-5H2. The molecule has 2 aromatic heterocycles. The fraction of sp³-hybridized carbons (Fsp3) is 0.154. The third-order valence-corrected chi connectivity index (χ3v) is 5.45. The first-order valence-electron chi connectivity index (χ1n) is 5.71. The van der Waals surface area contributed by atoms with E-state index in [0.717, 1.165) is 15.8 Å². The van der Waals surface area contributed by atoms with Crippen molar-refractivity contribution in [1.29, 1.82) is 0 Å². The molecule has 0 unspecified atom stereocenters. The molecule has 0 radical (unpaired) electrons. The second kappa shape index (κ2) is 5.75. The van der Waals surface area contributed by atoms with E-state index in [0.29, 0.717) is 22.4 Å². The number of nitrogens with zero attached hydrogens (tertiary/aromatic N) is 2. The smallest absolute Gasteiger partial charge is 0.139 e. The second-order valence-electron chi connectivity index (χ2n) is 4.23.